The highest BCUT2D eigenvalue weighted by molar-refractivity contribution is 5.75. The van der Waals surface area contributed by atoms with Crippen molar-refractivity contribution in [3.63, 3.8) is 0 Å². The van der Waals surface area contributed by atoms with E-state index in [0.29, 0.717) is 5.56 Å². The first-order valence-electron chi connectivity index (χ1n) is 10.3. The lowest BCUT2D eigenvalue weighted by Crippen LogP contribution is -2.60. The predicted molar refractivity (Wildman–Crippen MR) is 111 cm³/mol. The second-order valence-electron chi connectivity index (χ2n) is 8.76. The summed E-state index contributed by atoms with van der Waals surface area (Å²) in [6.45, 7) is 2.91. The van der Waals surface area contributed by atoms with Gasteiger partial charge in [0.15, 0.2) is 0 Å². The Kier molecular flexibility index (Phi) is 7.16. The molecule has 0 aromatic heterocycles. The van der Waals surface area contributed by atoms with Crippen molar-refractivity contribution in [2.24, 2.45) is 0 Å². The van der Waals surface area contributed by atoms with Crippen molar-refractivity contribution in [3.05, 3.63) is 65.2 Å². The van der Waals surface area contributed by atoms with Crippen LogP contribution in [0.3, 0.4) is 0 Å². The Morgan fingerprint density at radius 3 is 2.18 bits per heavy atom. The molecular weight excluding hydrogens is 447 g/mol. The lowest BCUT2D eigenvalue weighted by atomic mass is 9.95. The van der Waals surface area contributed by atoms with Gasteiger partial charge in [-0.2, -0.15) is 22.0 Å². The number of rotatable bonds is 6. The molecule has 2 aromatic rings. The van der Waals surface area contributed by atoms with Crippen LogP contribution in [0.2, 0.25) is 0 Å². The fourth-order valence-electron chi connectivity index (χ4n) is 3.42. The number of hydrogen-bond acceptors (Lipinski definition) is 3. The van der Waals surface area contributed by atoms with Gasteiger partial charge in [-0.05, 0) is 50.1 Å². The summed E-state index contributed by atoms with van der Waals surface area (Å²) in [6.07, 6.45) is -6.24. The largest absolute Gasteiger partial charge is 0.435 e. The minimum Gasteiger partial charge on any atom is -0.435 e. The van der Waals surface area contributed by atoms with E-state index in [1.807, 2.05) is 20.8 Å². The van der Waals surface area contributed by atoms with E-state index in [1.54, 1.807) is 0 Å². The predicted octanol–water partition coefficient (Wildman–Crippen LogP) is 5.61. The molecule has 2 amide bonds. The van der Waals surface area contributed by atoms with Crippen molar-refractivity contribution in [1.29, 1.82) is 0 Å². The molecule has 1 heterocycles. The molecular formula is C23H25F5N2O3. The molecule has 1 unspecified atom stereocenters. The molecule has 10 heteroatoms. The summed E-state index contributed by atoms with van der Waals surface area (Å²) in [4.78, 5) is 13.8. The van der Waals surface area contributed by atoms with Gasteiger partial charge in [0.1, 0.15) is 11.9 Å². The Morgan fingerprint density at radius 1 is 1.03 bits per heavy atom. The van der Waals surface area contributed by atoms with Crippen molar-refractivity contribution in [2.75, 3.05) is 13.1 Å². The van der Waals surface area contributed by atoms with Gasteiger partial charge < -0.3 is 19.7 Å². The molecule has 1 saturated heterocycles. The van der Waals surface area contributed by atoms with Crippen LogP contribution < -0.4 is 10.1 Å². The van der Waals surface area contributed by atoms with Crippen LogP contribution in [0, 0.1) is 0 Å². The number of halogens is 5. The minimum absolute atomic E-state index is 0.106. The van der Waals surface area contributed by atoms with E-state index in [2.05, 4.69) is 10.1 Å². The second kappa shape index (κ2) is 9.54. The molecule has 0 bridgehead atoms. The van der Waals surface area contributed by atoms with Gasteiger partial charge in [0.2, 0.25) is 0 Å². The molecule has 2 aromatic carbocycles. The highest BCUT2D eigenvalue weighted by atomic mass is 19.4. The summed E-state index contributed by atoms with van der Waals surface area (Å²) in [5.41, 5.74) is -1.06. The van der Waals surface area contributed by atoms with Crippen LogP contribution in [0.4, 0.5) is 26.7 Å². The molecule has 1 N–H and O–H groups in total. The Bertz CT molecular complexity index is 952. The molecule has 1 aliphatic heterocycles. The number of carbonyl (C=O) groups excluding carboxylic acids is 1. The third-order valence-corrected chi connectivity index (χ3v) is 4.90. The first-order chi connectivity index (χ1) is 15.3. The average molecular weight is 472 g/mol. The first kappa shape index (κ1) is 24.8. The number of carbonyl (C=O) groups is 1. The summed E-state index contributed by atoms with van der Waals surface area (Å²) in [6, 6.07) is 10.0. The highest BCUT2D eigenvalue weighted by Crippen LogP contribution is 2.39. The third-order valence-electron chi connectivity index (χ3n) is 4.90. The van der Waals surface area contributed by atoms with Gasteiger partial charge in [-0.15, -0.1) is 0 Å². The monoisotopic (exact) mass is 472 g/mol. The van der Waals surface area contributed by atoms with E-state index in [9.17, 15) is 26.7 Å². The van der Waals surface area contributed by atoms with Crippen molar-refractivity contribution in [2.45, 2.75) is 51.3 Å². The zero-order chi connectivity index (χ0) is 24.4. The molecule has 5 nitrogen and oxygen atoms in total. The molecule has 33 heavy (non-hydrogen) atoms. The number of nitrogens with one attached hydrogen (secondary N) is 1. The maximum atomic E-state index is 13.7. The number of hydrogen-bond donors (Lipinski definition) is 1. The highest BCUT2D eigenvalue weighted by Gasteiger charge is 2.39. The Morgan fingerprint density at radius 2 is 1.64 bits per heavy atom. The minimum atomic E-state index is -4.62. The third kappa shape index (κ3) is 6.56. The molecule has 0 aliphatic carbocycles. The number of benzene rings is 2. The number of urea groups is 1. The fraction of sp³-hybridized carbons (Fsp3) is 0.435. The van der Waals surface area contributed by atoms with Crippen molar-refractivity contribution in [1.82, 2.24) is 10.2 Å². The SMILES string of the molecule is CC(C)(C)NC(=O)N1CC(OC(c2ccc(OC(F)F)cc2)c2ccccc2C(F)(F)F)C1. The summed E-state index contributed by atoms with van der Waals surface area (Å²) < 4.78 is 76.2. The van der Waals surface area contributed by atoms with Crippen LogP contribution in [-0.2, 0) is 10.9 Å². The standard InChI is InChI=1S/C23H25F5N2O3/c1-22(2,3)29-21(31)30-12-16(13-30)32-19(14-8-10-15(11-9-14)33-20(24)25)17-6-4-5-7-18(17)23(26,27)28/h4-11,16,19-20H,12-13H2,1-3H3,(H,29,31). The summed E-state index contributed by atoms with van der Waals surface area (Å²) in [5, 5.41) is 2.82. The molecule has 1 aliphatic rings. The normalized spacial score (nSPS) is 15.8. The molecule has 3 rings (SSSR count). The van der Waals surface area contributed by atoms with Gasteiger partial charge in [-0.3, -0.25) is 0 Å². The summed E-state index contributed by atoms with van der Waals surface area (Å²) in [7, 11) is 0. The van der Waals surface area contributed by atoms with Gasteiger partial charge in [0.05, 0.1) is 24.8 Å². The van der Waals surface area contributed by atoms with Crippen LogP contribution in [0.15, 0.2) is 48.5 Å². The molecule has 1 atom stereocenters. The van der Waals surface area contributed by atoms with E-state index in [1.165, 1.54) is 47.4 Å². The average Bonchev–Trinajstić information content (AvgIpc) is 2.65. The number of likely N-dealkylation sites (tertiary alicyclic amines) is 1. The molecule has 0 radical (unpaired) electrons. The smallest absolute Gasteiger partial charge is 0.416 e. The molecule has 1 fully saturated rings. The van der Waals surface area contributed by atoms with Crippen LogP contribution in [-0.4, -0.2) is 42.3 Å². The maximum Gasteiger partial charge on any atom is 0.416 e. The zero-order valence-electron chi connectivity index (χ0n) is 18.3. The second-order valence-corrected chi connectivity index (χ2v) is 8.76. The van der Waals surface area contributed by atoms with Crippen LogP contribution in [0.1, 0.15) is 43.6 Å². The van der Waals surface area contributed by atoms with Crippen LogP contribution in [0.5, 0.6) is 5.75 Å². The number of alkyl halides is 5. The lowest BCUT2D eigenvalue weighted by Gasteiger charge is -2.42. The van der Waals surface area contributed by atoms with Crippen LogP contribution >= 0.6 is 0 Å². The Balaban J connectivity index is 1.83. The van der Waals surface area contributed by atoms with E-state index in [0.717, 1.165) is 6.07 Å². The topological polar surface area (TPSA) is 50.8 Å². The van der Waals surface area contributed by atoms with E-state index in [4.69, 9.17) is 4.74 Å². The Labute approximate surface area is 188 Å². The van der Waals surface area contributed by atoms with Gasteiger partial charge in [-0.25, -0.2) is 4.79 Å². The number of ether oxygens (including phenoxy) is 2. The van der Waals surface area contributed by atoms with Crippen molar-refractivity contribution < 1.29 is 36.2 Å². The number of nitrogens with zero attached hydrogens (tertiary/aromatic N) is 1. The quantitative estimate of drug-likeness (QED) is 0.557. The zero-order valence-corrected chi connectivity index (χ0v) is 18.3. The van der Waals surface area contributed by atoms with E-state index in [-0.39, 0.29) is 30.4 Å². The van der Waals surface area contributed by atoms with Crippen LogP contribution in [0.25, 0.3) is 0 Å². The van der Waals surface area contributed by atoms with Crippen molar-refractivity contribution in [3.8, 4) is 5.75 Å². The van der Waals surface area contributed by atoms with Gasteiger partial charge in [0.25, 0.3) is 0 Å². The van der Waals surface area contributed by atoms with Gasteiger partial charge in [0, 0.05) is 5.54 Å². The van der Waals surface area contributed by atoms with Gasteiger partial charge in [-0.1, -0.05) is 30.3 Å². The molecule has 0 spiro atoms. The van der Waals surface area contributed by atoms with E-state index < -0.39 is 36.1 Å². The fourth-order valence-corrected chi connectivity index (χ4v) is 3.42. The number of amides is 2. The summed E-state index contributed by atoms with van der Waals surface area (Å²) >= 11 is 0. The summed E-state index contributed by atoms with van der Waals surface area (Å²) in [5.74, 6) is -0.120. The molecule has 0 saturated carbocycles. The lowest BCUT2D eigenvalue weighted by molar-refractivity contribution is -0.140. The van der Waals surface area contributed by atoms with E-state index >= 15 is 0 Å². The maximum absolute atomic E-state index is 13.7. The Hall–Kier alpha value is -2.88. The first-order valence-corrected chi connectivity index (χ1v) is 10.3. The molecule has 180 valence electrons. The van der Waals surface area contributed by atoms with Crippen molar-refractivity contribution >= 4 is 6.03 Å². The van der Waals surface area contributed by atoms with Gasteiger partial charge >= 0.3 is 18.8 Å².